The van der Waals surface area contributed by atoms with Crippen LogP contribution in [0, 0.1) is 11.3 Å². The molecule has 0 amide bonds. The van der Waals surface area contributed by atoms with Crippen LogP contribution >= 0.6 is 27.5 Å². The van der Waals surface area contributed by atoms with Gasteiger partial charge in [-0.25, -0.2) is 0 Å². The van der Waals surface area contributed by atoms with Gasteiger partial charge in [-0.2, -0.15) is 5.26 Å². The Morgan fingerprint density at radius 2 is 1.95 bits per heavy atom. The topological polar surface area (TPSA) is 27.0 Å². The lowest BCUT2D eigenvalue weighted by atomic mass is 10.1. The van der Waals surface area contributed by atoms with E-state index in [1.54, 1.807) is 6.07 Å². The summed E-state index contributed by atoms with van der Waals surface area (Å²) in [6.45, 7) is 0. The van der Waals surface area contributed by atoms with Gasteiger partial charge in [0, 0.05) is 28.8 Å². The number of alkyl halides is 1. The lowest BCUT2D eigenvalue weighted by molar-refractivity contribution is 1.20. The molecule has 0 heterocycles. The summed E-state index contributed by atoms with van der Waals surface area (Å²) in [5.41, 5.74) is 3.66. The summed E-state index contributed by atoms with van der Waals surface area (Å²) in [6, 6.07) is 15.6. The lowest BCUT2D eigenvalue weighted by Crippen LogP contribution is -2.09. The molecule has 0 atom stereocenters. The molecule has 2 aromatic carbocycles. The third-order valence-electron chi connectivity index (χ3n) is 2.93. The Balaban J connectivity index is 2.36. The summed E-state index contributed by atoms with van der Waals surface area (Å²) in [5, 5.41) is 10.4. The van der Waals surface area contributed by atoms with E-state index in [2.05, 4.69) is 22.0 Å². The first-order valence-electron chi connectivity index (χ1n) is 5.74. The van der Waals surface area contributed by atoms with Crippen LogP contribution in [0.1, 0.15) is 11.1 Å². The molecule has 0 aromatic heterocycles. The summed E-state index contributed by atoms with van der Waals surface area (Å²) in [5.74, 6) is 0. The molecule has 0 N–H and O–H groups in total. The predicted octanol–water partition coefficient (Wildman–Crippen LogP) is 4.87. The van der Waals surface area contributed by atoms with E-state index >= 15 is 0 Å². The number of rotatable bonds is 3. The molecule has 0 saturated heterocycles. The van der Waals surface area contributed by atoms with Gasteiger partial charge in [-0.1, -0.05) is 39.7 Å². The molecule has 0 bridgehead atoms. The number of benzene rings is 2. The van der Waals surface area contributed by atoms with E-state index in [1.165, 1.54) is 0 Å². The molecule has 0 spiro atoms. The van der Waals surface area contributed by atoms with Crippen molar-refractivity contribution in [1.29, 1.82) is 5.26 Å². The Labute approximate surface area is 126 Å². The minimum Gasteiger partial charge on any atom is -0.345 e. The Kier molecular flexibility index (Phi) is 4.47. The highest BCUT2D eigenvalue weighted by atomic mass is 79.9. The second-order valence-electron chi connectivity index (χ2n) is 4.13. The van der Waals surface area contributed by atoms with E-state index in [0.717, 1.165) is 27.3 Å². The fourth-order valence-corrected chi connectivity index (χ4v) is 2.68. The Hall–Kier alpha value is -1.50. The normalized spacial score (nSPS) is 10.0. The van der Waals surface area contributed by atoms with Crippen molar-refractivity contribution >= 4 is 38.9 Å². The molecule has 0 saturated carbocycles. The van der Waals surface area contributed by atoms with Gasteiger partial charge in [0.15, 0.2) is 0 Å². The number of nitrogens with zero attached hydrogens (tertiary/aromatic N) is 2. The zero-order valence-electron chi connectivity index (χ0n) is 10.4. The second-order valence-corrected chi connectivity index (χ2v) is 5.10. The van der Waals surface area contributed by atoms with E-state index in [9.17, 15) is 0 Å². The highest BCUT2D eigenvalue weighted by Gasteiger charge is 2.07. The van der Waals surface area contributed by atoms with Crippen molar-refractivity contribution in [1.82, 2.24) is 0 Å². The van der Waals surface area contributed by atoms with Crippen LogP contribution in [0.5, 0.6) is 0 Å². The quantitative estimate of drug-likeness (QED) is 0.748. The number of hydrogen-bond donors (Lipinski definition) is 0. The van der Waals surface area contributed by atoms with Crippen molar-refractivity contribution in [2.45, 2.75) is 5.33 Å². The molecular formula is C15H12BrClN2. The molecule has 0 radical (unpaired) electrons. The molecule has 0 fully saturated rings. The number of halogens is 2. The van der Waals surface area contributed by atoms with Crippen molar-refractivity contribution in [3.8, 4) is 6.07 Å². The van der Waals surface area contributed by atoms with Crippen LogP contribution < -0.4 is 4.90 Å². The zero-order chi connectivity index (χ0) is 13.8. The van der Waals surface area contributed by atoms with Gasteiger partial charge in [0.25, 0.3) is 0 Å². The highest BCUT2D eigenvalue weighted by Crippen LogP contribution is 2.29. The molecule has 0 aliphatic heterocycles. The summed E-state index contributed by atoms with van der Waals surface area (Å²) < 4.78 is 0. The van der Waals surface area contributed by atoms with Gasteiger partial charge in [0.2, 0.25) is 0 Å². The first kappa shape index (κ1) is 13.9. The number of nitriles is 1. The maximum absolute atomic E-state index is 8.93. The van der Waals surface area contributed by atoms with Gasteiger partial charge in [-0.15, -0.1) is 0 Å². The van der Waals surface area contributed by atoms with Crippen LogP contribution in [0.15, 0.2) is 42.5 Å². The second kappa shape index (κ2) is 6.10. The third kappa shape index (κ3) is 3.09. The van der Waals surface area contributed by atoms with Crippen LogP contribution in [0.2, 0.25) is 5.02 Å². The zero-order valence-corrected chi connectivity index (χ0v) is 12.7. The average molecular weight is 336 g/mol. The van der Waals surface area contributed by atoms with E-state index in [1.807, 2.05) is 48.3 Å². The highest BCUT2D eigenvalue weighted by molar-refractivity contribution is 9.08. The molecule has 96 valence electrons. The fourth-order valence-electron chi connectivity index (χ4n) is 1.79. The van der Waals surface area contributed by atoms with Crippen molar-refractivity contribution in [2.24, 2.45) is 0 Å². The molecule has 2 aromatic rings. The van der Waals surface area contributed by atoms with Crippen molar-refractivity contribution in [3.63, 3.8) is 0 Å². The third-order valence-corrected chi connectivity index (χ3v) is 3.89. The van der Waals surface area contributed by atoms with Crippen molar-refractivity contribution < 1.29 is 0 Å². The van der Waals surface area contributed by atoms with Gasteiger partial charge >= 0.3 is 0 Å². The van der Waals surface area contributed by atoms with Crippen molar-refractivity contribution in [3.05, 3.63) is 58.6 Å². The molecule has 0 aliphatic carbocycles. The van der Waals surface area contributed by atoms with Crippen LogP contribution in [-0.2, 0) is 5.33 Å². The van der Waals surface area contributed by atoms with E-state index in [0.29, 0.717) is 5.56 Å². The lowest BCUT2D eigenvalue weighted by Gasteiger charge is -2.20. The Bertz CT molecular complexity index is 634. The van der Waals surface area contributed by atoms with E-state index < -0.39 is 0 Å². The Morgan fingerprint density at radius 3 is 2.58 bits per heavy atom. The standard InChI is InChI=1S/C15H12BrClN2/c1-19(13-4-2-3-11(7-13)10-18)14-6-5-12(9-16)15(17)8-14/h2-8H,9H2,1H3. The van der Waals surface area contributed by atoms with Gasteiger partial charge in [0.05, 0.1) is 11.6 Å². The SMILES string of the molecule is CN(c1cccc(C#N)c1)c1ccc(CBr)c(Cl)c1. The number of hydrogen-bond acceptors (Lipinski definition) is 2. The molecule has 0 aliphatic rings. The van der Waals surface area contributed by atoms with Gasteiger partial charge < -0.3 is 4.90 Å². The summed E-state index contributed by atoms with van der Waals surface area (Å²) >= 11 is 9.61. The summed E-state index contributed by atoms with van der Waals surface area (Å²) in [6.07, 6.45) is 0. The van der Waals surface area contributed by atoms with Gasteiger partial charge in [0.1, 0.15) is 0 Å². The maximum Gasteiger partial charge on any atom is 0.0992 e. The average Bonchev–Trinajstić information content (AvgIpc) is 2.46. The van der Waals surface area contributed by atoms with E-state index in [-0.39, 0.29) is 0 Å². The monoisotopic (exact) mass is 334 g/mol. The first-order chi connectivity index (χ1) is 9.15. The summed E-state index contributed by atoms with van der Waals surface area (Å²) in [4.78, 5) is 2.00. The van der Waals surface area contributed by atoms with Crippen molar-refractivity contribution in [2.75, 3.05) is 11.9 Å². The molecular weight excluding hydrogens is 324 g/mol. The smallest absolute Gasteiger partial charge is 0.0992 e. The molecule has 19 heavy (non-hydrogen) atoms. The molecule has 2 rings (SSSR count). The van der Waals surface area contributed by atoms with E-state index in [4.69, 9.17) is 16.9 Å². The molecule has 0 unspecified atom stereocenters. The van der Waals surface area contributed by atoms with Crippen LogP contribution in [0.25, 0.3) is 0 Å². The Morgan fingerprint density at radius 1 is 1.21 bits per heavy atom. The first-order valence-corrected chi connectivity index (χ1v) is 7.24. The minimum absolute atomic E-state index is 0.646. The van der Waals surface area contributed by atoms with Crippen LogP contribution in [0.3, 0.4) is 0 Å². The van der Waals surface area contributed by atoms with Gasteiger partial charge in [-0.05, 0) is 35.9 Å². The number of anilines is 2. The molecule has 2 nitrogen and oxygen atoms in total. The predicted molar refractivity (Wildman–Crippen MR) is 83.3 cm³/mol. The van der Waals surface area contributed by atoms with Crippen LogP contribution in [0.4, 0.5) is 11.4 Å². The largest absolute Gasteiger partial charge is 0.345 e. The fraction of sp³-hybridized carbons (Fsp3) is 0.133. The molecule has 4 heteroatoms. The van der Waals surface area contributed by atoms with Crippen LogP contribution in [-0.4, -0.2) is 7.05 Å². The maximum atomic E-state index is 8.93. The summed E-state index contributed by atoms with van der Waals surface area (Å²) in [7, 11) is 1.95. The minimum atomic E-state index is 0.646. The van der Waals surface area contributed by atoms with Gasteiger partial charge in [-0.3, -0.25) is 0 Å².